The van der Waals surface area contributed by atoms with Crippen molar-refractivity contribution in [1.29, 1.82) is 26.3 Å². The lowest BCUT2D eigenvalue weighted by Crippen LogP contribution is -2.07. The van der Waals surface area contributed by atoms with E-state index >= 15 is 0 Å². The van der Waals surface area contributed by atoms with Gasteiger partial charge in [-0.05, 0) is 149 Å². The molecule has 95 heavy (non-hydrogen) atoms. The topological polar surface area (TPSA) is 211 Å². The largest absolute Gasteiger partial charge is 0.496 e. The molecule has 0 heterocycles. The van der Waals surface area contributed by atoms with Crippen molar-refractivity contribution < 1.29 is 47.4 Å². The van der Waals surface area contributed by atoms with Crippen LogP contribution in [0.5, 0.6) is 57.5 Å². The monoisotopic (exact) mass is 1260 g/mol. The third-order valence-electron chi connectivity index (χ3n) is 16.6. The smallest absolute Gasteiger partial charge is 0.123 e. The first kappa shape index (κ1) is 64.2. The molecule has 20 rings (SSSR count). The Balaban J connectivity index is 1.13. The Hall–Kier alpha value is -12.4. The molecular formula is C80H65N5O10. The molecule has 15 nitrogen and oxygen atoms in total. The maximum atomic E-state index is 9.65. The highest BCUT2D eigenvalue weighted by Crippen LogP contribution is 2.44. The lowest BCUT2D eigenvalue weighted by Gasteiger charge is -2.21. The van der Waals surface area contributed by atoms with Crippen LogP contribution in [-0.4, -0.2) is 35.5 Å². The van der Waals surface area contributed by atoms with Gasteiger partial charge < -0.3 is 47.4 Å². The van der Waals surface area contributed by atoms with Crippen LogP contribution in [-0.2, 0) is 65.1 Å². The van der Waals surface area contributed by atoms with Gasteiger partial charge in [0.25, 0.3) is 0 Å². The van der Waals surface area contributed by atoms with Crippen LogP contribution in [0.25, 0.3) is 0 Å². The molecule has 0 radical (unpaired) electrons. The first-order valence-electron chi connectivity index (χ1n) is 30.6. The lowest BCUT2D eigenvalue weighted by atomic mass is 9.94. The number of methoxy groups -OCH3 is 5. The summed E-state index contributed by atoms with van der Waals surface area (Å²) < 4.78 is 66.0. The van der Waals surface area contributed by atoms with E-state index in [2.05, 4.69) is 30.3 Å². The number of hydrogen-bond acceptors (Lipinski definition) is 15. The molecule has 0 spiro atoms. The highest BCUT2D eigenvalue weighted by Gasteiger charge is 2.25. The van der Waals surface area contributed by atoms with Gasteiger partial charge in [0, 0.05) is 87.7 Å². The van der Waals surface area contributed by atoms with Crippen molar-refractivity contribution in [3.8, 4) is 87.8 Å². The Labute approximate surface area is 552 Å². The van der Waals surface area contributed by atoms with Crippen molar-refractivity contribution in [2.45, 2.75) is 65.1 Å². The van der Waals surface area contributed by atoms with Crippen LogP contribution < -0.4 is 47.4 Å². The molecule has 10 bridgehead atoms. The van der Waals surface area contributed by atoms with Crippen molar-refractivity contribution in [3.63, 3.8) is 0 Å². The first-order valence-corrected chi connectivity index (χ1v) is 30.6. The number of ether oxygens (including phenoxy) is 10. The van der Waals surface area contributed by atoms with Crippen molar-refractivity contribution >= 4 is 0 Å². The molecule has 10 aliphatic rings. The van der Waals surface area contributed by atoms with E-state index in [1.807, 2.05) is 121 Å². The van der Waals surface area contributed by atoms with Gasteiger partial charge in [-0.3, -0.25) is 0 Å². The SMILES string of the molecule is COc1cc2c(OCc3ccc(C#N)cc3)cc1Cc1cc(OC)c(cc1OCc1ccc(C#N)cc1)Cc1cc(OC)c(cc1OCc1ccc(C#N)cc1)Cc1cc(OC)c(cc1OCc1ccc(C#N)cc1)Cc1cc(OC)c(cc1OCc1ccc(C#N)cc1)C2. The Morgan fingerprint density at radius 3 is 0.495 bits per heavy atom. The molecule has 0 saturated heterocycles. The predicted octanol–water partition coefficient (Wildman–Crippen LogP) is 15.3. The quantitative estimate of drug-likeness (QED) is 0.0694. The number of nitrogens with zero attached hydrogens (tertiary/aromatic N) is 5. The third kappa shape index (κ3) is 15.5. The number of rotatable bonds is 20. The number of benzene rings is 10. The summed E-state index contributed by atoms with van der Waals surface area (Å²) in [6.45, 7) is 0.862. The zero-order chi connectivity index (χ0) is 66.2. The average molecular weight is 1260 g/mol. The van der Waals surface area contributed by atoms with Crippen LogP contribution in [0, 0.1) is 56.7 Å². The van der Waals surface area contributed by atoms with Crippen LogP contribution >= 0.6 is 0 Å². The Morgan fingerprint density at radius 2 is 0.358 bits per heavy atom. The maximum Gasteiger partial charge on any atom is 0.123 e. The number of nitriles is 5. The van der Waals surface area contributed by atoms with Gasteiger partial charge in [0.05, 0.1) is 93.7 Å². The van der Waals surface area contributed by atoms with Crippen molar-refractivity contribution in [1.82, 2.24) is 0 Å². The summed E-state index contributed by atoms with van der Waals surface area (Å²) in [5.74, 6) is 5.71. The van der Waals surface area contributed by atoms with E-state index in [0.29, 0.717) is 117 Å². The minimum Gasteiger partial charge on any atom is -0.496 e. The summed E-state index contributed by atoms with van der Waals surface area (Å²) in [7, 11) is 8.19. The van der Waals surface area contributed by atoms with E-state index in [4.69, 9.17) is 47.4 Å². The summed E-state index contributed by atoms with van der Waals surface area (Å²) in [6.07, 6.45) is 1.48. The second-order valence-corrected chi connectivity index (χ2v) is 22.7. The molecule has 0 aliphatic heterocycles. The third-order valence-corrected chi connectivity index (χ3v) is 16.6. The zero-order valence-electron chi connectivity index (χ0n) is 53.2. The van der Waals surface area contributed by atoms with E-state index in [9.17, 15) is 26.3 Å². The van der Waals surface area contributed by atoms with Gasteiger partial charge in [0.15, 0.2) is 0 Å². The molecule has 0 atom stereocenters. The molecule has 10 aromatic carbocycles. The summed E-state index contributed by atoms with van der Waals surface area (Å²) in [6, 6.07) is 67.3. The normalized spacial score (nSPS) is 11.4. The van der Waals surface area contributed by atoms with Crippen molar-refractivity contribution in [2.24, 2.45) is 0 Å². The molecule has 470 valence electrons. The fraction of sp³-hybridized carbons (Fsp3) is 0.188. The van der Waals surface area contributed by atoms with E-state index in [1.54, 1.807) is 96.2 Å². The fourth-order valence-corrected chi connectivity index (χ4v) is 11.4. The molecule has 10 aliphatic carbocycles. The summed E-state index contributed by atoms with van der Waals surface area (Å²) in [5, 5.41) is 48.3. The van der Waals surface area contributed by atoms with Crippen LogP contribution in [0.2, 0.25) is 0 Å². The van der Waals surface area contributed by atoms with Crippen molar-refractivity contribution in [3.05, 3.63) is 293 Å². The van der Waals surface area contributed by atoms with Crippen LogP contribution in [0.4, 0.5) is 0 Å². The molecule has 0 unspecified atom stereocenters. The highest BCUT2D eigenvalue weighted by atomic mass is 16.5. The Morgan fingerprint density at radius 1 is 0.221 bits per heavy atom. The summed E-state index contributed by atoms with van der Waals surface area (Å²) in [5.41, 5.74) is 14.7. The average Bonchev–Trinajstić information content (AvgIpc) is 1.14. The molecular weight excluding hydrogens is 1190 g/mol. The van der Waals surface area contributed by atoms with Crippen LogP contribution in [0.3, 0.4) is 0 Å². The molecule has 0 amide bonds. The Bertz CT molecular complexity index is 3960. The van der Waals surface area contributed by atoms with E-state index in [1.165, 1.54) is 0 Å². The van der Waals surface area contributed by atoms with Gasteiger partial charge in [-0.15, -0.1) is 0 Å². The molecule has 0 saturated carbocycles. The van der Waals surface area contributed by atoms with E-state index in [-0.39, 0.29) is 33.0 Å². The lowest BCUT2D eigenvalue weighted by molar-refractivity contribution is 0.299. The van der Waals surface area contributed by atoms with Gasteiger partial charge in [-0.2, -0.15) is 26.3 Å². The Kier molecular flexibility index (Phi) is 20.4. The maximum absolute atomic E-state index is 9.65. The standard InChI is InChI=1S/C80H65N5O10/c1-86-71-31-66-27-62-37-78(93-48-58-20-10-53(43-83)11-21-58)68(33-73(62)88-3)29-64-39-80(95-50-60-24-14-55(45-85)15-25-60)70(35-75(64)90-5)30-65-40-79(94-49-59-22-12-54(44-84)13-23-59)69(34-74(65)89-4)28-63-38-77(92-47-57-18-8-52(42-82)9-19-57)67(32-72(63)87-2)26-61(71)36-76(66)91-46-56-16-6-51(41-81)7-17-56/h6-25,31-40H,26-30,46-50H2,1-5H3. The van der Waals surface area contributed by atoms with Gasteiger partial charge in [-0.25, -0.2) is 0 Å². The fourth-order valence-electron chi connectivity index (χ4n) is 11.4. The van der Waals surface area contributed by atoms with Gasteiger partial charge in [0.1, 0.15) is 90.5 Å². The minimum atomic E-state index is 0.172. The summed E-state index contributed by atoms with van der Waals surface area (Å²) >= 11 is 0. The first-order chi connectivity index (χ1) is 46.5. The van der Waals surface area contributed by atoms with Gasteiger partial charge in [-0.1, -0.05) is 60.7 Å². The molecule has 0 fully saturated rings. The van der Waals surface area contributed by atoms with E-state index in [0.717, 1.165) is 83.5 Å². The molecule has 10 aromatic rings. The van der Waals surface area contributed by atoms with Gasteiger partial charge in [0.2, 0.25) is 0 Å². The molecule has 0 N–H and O–H groups in total. The number of hydrogen-bond donors (Lipinski definition) is 0. The van der Waals surface area contributed by atoms with E-state index < -0.39 is 0 Å². The predicted molar refractivity (Wildman–Crippen MR) is 356 cm³/mol. The summed E-state index contributed by atoms with van der Waals surface area (Å²) in [4.78, 5) is 0. The van der Waals surface area contributed by atoms with Crippen molar-refractivity contribution in [2.75, 3.05) is 35.5 Å². The second kappa shape index (κ2) is 30.2. The zero-order valence-corrected chi connectivity index (χ0v) is 53.2. The van der Waals surface area contributed by atoms with Crippen LogP contribution in [0.1, 0.15) is 111 Å². The molecule has 0 aromatic heterocycles. The van der Waals surface area contributed by atoms with Crippen LogP contribution in [0.15, 0.2) is 182 Å². The highest BCUT2D eigenvalue weighted by molar-refractivity contribution is 5.60. The minimum absolute atomic E-state index is 0.172. The molecule has 15 heteroatoms. The van der Waals surface area contributed by atoms with Gasteiger partial charge >= 0.3 is 0 Å². The second-order valence-electron chi connectivity index (χ2n) is 22.7.